The molecule has 0 bridgehead atoms. The van der Waals surface area contributed by atoms with Crippen LogP contribution in [0.3, 0.4) is 0 Å². The molecular formula is C18H23ClN4O5S. The molecule has 0 radical (unpaired) electrons. The minimum Gasteiger partial charge on any atom is -0.449 e. The van der Waals surface area contributed by atoms with Gasteiger partial charge in [-0.3, -0.25) is 4.79 Å². The zero-order valence-electron chi connectivity index (χ0n) is 16.7. The van der Waals surface area contributed by atoms with E-state index in [4.69, 9.17) is 16.3 Å². The molecule has 158 valence electrons. The van der Waals surface area contributed by atoms with Crippen LogP contribution in [0.15, 0.2) is 35.4 Å². The highest BCUT2D eigenvalue weighted by Gasteiger charge is 2.25. The molecular weight excluding hydrogens is 420 g/mol. The fraction of sp³-hybridized carbons (Fsp3) is 0.389. The van der Waals surface area contributed by atoms with Gasteiger partial charge in [0.2, 0.25) is 10.0 Å². The first kappa shape index (κ1) is 22.9. The van der Waals surface area contributed by atoms with E-state index < -0.39 is 28.0 Å². The Morgan fingerprint density at radius 3 is 2.45 bits per heavy atom. The number of carbonyl (C=O) groups excluding carboxylic acids is 2. The number of aromatic nitrogens is 2. The van der Waals surface area contributed by atoms with Crippen LogP contribution in [-0.4, -0.2) is 54.6 Å². The number of hydrogen-bond acceptors (Lipinski definition) is 6. The SMILES string of the molecule is CC(C)n1nccc1NC(=O)[C@@H](C)OC(=O)c1cc(S(=O)(=O)N(C)C)ccc1Cl. The highest BCUT2D eigenvalue weighted by Crippen LogP contribution is 2.23. The van der Waals surface area contributed by atoms with Crippen LogP contribution < -0.4 is 5.32 Å². The Balaban J connectivity index is 2.17. The van der Waals surface area contributed by atoms with Gasteiger partial charge in [0.05, 0.1) is 21.7 Å². The lowest BCUT2D eigenvalue weighted by Crippen LogP contribution is -2.31. The number of rotatable bonds is 7. The second-order valence-corrected chi connectivity index (χ2v) is 9.28. The molecule has 0 fully saturated rings. The summed E-state index contributed by atoms with van der Waals surface area (Å²) in [6, 6.07) is 5.36. The van der Waals surface area contributed by atoms with Crippen LogP contribution in [0.5, 0.6) is 0 Å². The van der Waals surface area contributed by atoms with Crippen molar-refractivity contribution >= 4 is 39.3 Å². The Morgan fingerprint density at radius 1 is 1.21 bits per heavy atom. The van der Waals surface area contributed by atoms with Gasteiger partial charge in [0.15, 0.2) is 6.10 Å². The van der Waals surface area contributed by atoms with Gasteiger partial charge in [-0.1, -0.05) is 11.6 Å². The normalized spacial score (nSPS) is 12.8. The summed E-state index contributed by atoms with van der Waals surface area (Å²) in [5, 5.41) is 6.77. The number of hydrogen-bond donors (Lipinski definition) is 1. The van der Waals surface area contributed by atoms with Crippen molar-refractivity contribution in [2.24, 2.45) is 0 Å². The predicted octanol–water partition coefficient (Wildman–Crippen LogP) is 2.55. The van der Waals surface area contributed by atoms with Crippen molar-refractivity contribution in [3.05, 3.63) is 41.0 Å². The molecule has 0 saturated carbocycles. The molecule has 11 heteroatoms. The van der Waals surface area contributed by atoms with Crippen LogP contribution in [0, 0.1) is 0 Å². The maximum absolute atomic E-state index is 12.5. The van der Waals surface area contributed by atoms with E-state index in [1.165, 1.54) is 33.2 Å². The van der Waals surface area contributed by atoms with Gasteiger partial charge >= 0.3 is 5.97 Å². The summed E-state index contributed by atoms with van der Waals surface area (Å²) >= 11 is 6.03. The first-order chi connectivity index (χ1) is 13.4. The van der Waals surface area contributed by atoms with Gasteiger partial charge in [0.1, 0.15) is 5.82 Å². The lowest BCUT2D eigenvalue weighted by atomic mass is 10.2. The average molecular weight is 443 g/mol. The zero-order chi connectivity index (χ0) is 21.9. The Kier molecular flexibility index (Phi) is 7.04. The first-order valence-corrected chi connectivity index (χ1v) is 10.5. The summed E-state index contributed by atoms with van der Waals surface area (Å²) in [5.41, 5.74) is -0.151. The Hall–Kier alpha value is -2.43. The highest BCUT2D eigenvalue weighted by atomic mass is 35.5. The van der Waals surface area contributed by atoms with E-state index in [1.54, 1.807) is 16.9 Å². The largest absolute Gasteiger partial charge is 0.449 e. The van der Waals surface area contributed by atoms with Crippen LogP contribution in [0.2, 0.25) is 5.02 Å². The molecule has 1 N–H and O–H groups in total. The molecule has 29 heavy (non-hydrogen) atoms. The van der Waals surface area contributed by atoms with Gasteiger partial charge in [-0.2, -0.15) is 5.10 Å². The van der Waals surface area contributed by atoms with Gasteiger partial charge in [0.25, 0.3) is 5.91 Å². The van der Waals surface area contributed by atoms with E-state index in [-0.39, 0.29) is 21.5 Å². The summed E-state index contributed by atoms with van der Waals surface area (Å²) in [6.45, 7) is 5.21. The van der Waals surface area contributed by atoms with E-state index in [2.05, 4.69) is 10.4 Å². The van der Waals surface area contributed by atoms with Crippen LogP contribution >= 0.6 is 11.6 Å². The molecule has 1 amide bonds. The molecule has 0 aliphatic rings. The minimum absolute atomic E-state index is 0.0122. The summed E-state index contributed by atoms with van der Waals surface area (Å²) in [4.78, 5) is 24.8. The van der Waals surface area contributed by atoms with Crippen LogP contribution in [-0.2, 0) is 19.6 Å². The molecule has 0 spiro atoms. The topological polar surface area (TPSA) is 111 Å². The van der Waals surface area contributed by atoms with Gasteiger partial charge < -0.3 is 10.1 Å². The molecule has 0 aliphatic heterocycles. The molecule has 2 rings (SSSR count). The van der Waals surface area contributed by atoms with Crippen molar-refractivity contribution < 1.29 is 22.7 Å². The summed E-state index contributed by atoms with van der Waals surface area (Å²) < 4.78 is 32.3. The fourth-order valence-corrected chi connectivity index (χ4v) is 3.49. The number of nitrogens with zero attached hydrogens (tertiary/aromatic N) is 3. The lowest BCUT2D eigenvalue weighted by Gasteiger charge is -2.17. The maximum atomic E-state index is 12.5. The third-order valence-corrected chi connectivity index (χ3v) is 6.14. The highest BCUT2D eigenvalue weighted by molar-refractivity contribution is 7.89. The van der Waals surface area contributed by atoms with Crippen molar-refractivity contribution in [2.45, 2.75) is 37.8 Å². The van der Waals surface area contributed by atoms with Crippen LogP contribution in [0.1, 0.15) is 37.2 Å². The monoisotopic (exact) mass is 442 g/mol. The van der Waals surface area contributed by atoms with E-state index in [1.807, 2.05) is 13.8 Å². The predicted molar refractivity (Wildman–Crippen MR) is 108 cm³/mol. The van der Waals surface area contributed by atoms with Crippen molar-refractivity contribution in [3.8, 4) is 0 Å². The molecule has 1 aromatic heterocycles. The molecule has 1 atom stereocenters. The van der Waals surface area contributed by atoms with Gasteiger partial charge in [-0.25, -0.2) is 22.2 Å². The maximum Gasteiger partial charge on any atom is 0.340 e. The smallest absolute Gasteiger partial charge is 0.340 e. The van der Waals surface area contributed by atoms with E-state index in [9.17, 15) is 18.0 Å². The Labute approximate surface area is 174 Å². The Bertz CT molecular complexity index is 1020. The number of ether oxygens (including phenoxy) is 1. The molecule has 1 heterocycles. The number of benzene rings is 1. The summed E-state index contributed by atoms with van der Waals surface area (Å²) in [6.07, 6.45) is 0.395. The van der Waals surface area contributed by atoms with Crippen molar-refractivity contribution in [2.75, 3.05) is 19.4 Å². The number of nitrogens with one attached hydrogen (secondary N) is 1. The van der Waals surface area contributed by atoms with Crippen molar-refractivity contribution in [3.63, 3.8) is 0 Å². The average Bonchev–Trinajstić information content (AvgIpc) is 3.09. The zero-order valence-corrected chi connectivity index (χ0v) is 18.3. The number of sulfonamides is 1. The van der Waals surface area contributed by atoms with Gasteiger partial charge in [-0.05, 0) is 39.0 Å². The second-order valence-electron chi connectivity index (χ2n) is 6.72. The van der Waals surface area contributed by atoms with Gasteiger partial charge in [-0.15, -0.1) is 0 Å². The summed E-state index contributed by atoms with van der Waals surface area (Å²) in [5.74, 6) is -1.01. The van der Waals surface area contributed by atoms with E-state index in [0.29, 0.717) is 5.82 Å². The Morgan fingerprint density at radius 2 is 1.86 bits per heavy atom. The molecule has 0 unspecified atom stereocenters. The summed E-state index contributed by atoms with van der Waals surface area (Å²) in [7, 11) is -1.02. The van der Waals surface area contributed by atoms with Crippen molar-refractivity contribution in [1.29, 1.82) is 0 Å². The van der Waals surface area contributed by atoms with Crippen LogP contribution in [0.25, 0.3) is 0 Å². The molecule has 2 aromatic rings. The van der Waals surface area contributed by atoms with E-state index >= 15 is 0 Å². The number of anilines is 1. The molecule has 1 aromatic carbocycles. The lowest BCUT2D eigenvalue weighted by molar-refractivity contribution is -0.123. The fourth-order valence-electron chi connectivity index (χ4n) is 2.36. The van der Waals surface area contributed by atoms with Gasteiger partial charge in [0, 0.05) is 26.2 Å². The third kappa shape index (κ3) is 5.14. The van der Waals surface area contributed by atoms with Crippen molar-refractivity contribution in [1.82, 2.24) is 14.1 Å². The molecule has 0 aliphatic carbocycles. The quantitative estimate of drug-likeness (QED) is 0.659. The van der Waals surface area contributed by atoms with E-state index in [0.717, 1.165) is 10.4 Å². The minimum atomic E-state index is -3.76. The number of amides is 1. The number of esters is 1. The second kappa shape index (κ2) is 8.93. The number of carbonyl (C=O) groups is 2. The third-order valence-electron chi connectivity index (χ3n) is 4.00. The standard InChI is InChI=1S/C18H23ClN4O5S/c1-11(2)23-16(8-9-20-23)21-17(24)12(3)28-18(25)14-10-13(6-7-15(14)19)29(26,27)22(4)5/h6-12H,1-5H3,(H,21,24)/t12-/m1/s1. The molecule has 0 saturated heterocycles. The van der Waals surface area contributed by atoms with Crippen LogP contribution in [0.4, 0.5) is 5.82 Å². The first-order valence-electron chi connectivity index (χ1n) is 8.72. The molecule has 9 nitrogen and oxygen atoms in total. The number of halogens is 1.